The van der Waals surface area contributed by atoms with E-state index in [1.54, 1.807) is 13.2 Å². The summed E-state index contributed by atoms with van der Waals surface area (Å²) in [6.07, 6.45) is 12.2. The van der Waals surface area contributed by atoms with Crippen molar-refractivity contribution >= 4 is 46.5 Å². The molecule has 2 aromatic rings. The lowest BCUT2D eigenvalue weighted by molar-refractivity contribution is -0.134. The number of carbonyl (C=O) groups excluding carboxylic acids is 4. The second-order valence-corrected chi connectivity index (χ2v) is 15.2. The summed E-state index contributed by atoms with van der Waals surface area (Å²) < 4.78 is 8.32. The summed E-state index contributed by atoms with van der Waals surface area (Å²) in [4.78, 5) is 56.7. The third-order valence-corrected chi connectivity index (χ3v) is 11.6. The molecular formula is C35H49N5O6S. The van der Waals surface area contributed by atoms with Crippen molar-refractivity contribution in [1.82, 2.24) is 25.7 Å². The van der Waals surface area contributed by atoms with Crippen LogP contribution in [-0.2, 0) is 14.4 Å². The first-order chi connectivity index (χ1) is 22.7. The Morgan fingerprint density at radius 1 is 1.02 bits per heavy atom. The van der Waals surface area contributed by atoms with Crippen LogP contribution in [0.4, 0.5) is 0 Å². The first kappa shape index (κ1) is 33.6. The highest BCUT2D eigenvalue weighted by atomic mass is 32.2. The van der Waals surface area contributed by atoms with Gasteiger partial charge in [0.2, 0.25) is 11.8 Å². The highest BCUT2D eigenvalue weighted by Gasteiger charge is 2.46. The molecule has 1 saturated heterocycles. The van der Waals surface area contributed by atoms with Gasteiger partial charge in [-0.05, 0) is 81.0 Å². The number of amides is 4. The molecule has 47 heavy (non-hydrogen) atoms. The number of hydrogen-bond acceptors (Lipinski definition) is 7. The summed E-state index contributed by atoms with van der Waals surface area (Å²) in [5.41, 5.74) is 0.887. The number of methoxy groups -OCH3 is 1. The van der Waals surface area contributed by atoms with Crippen LogP contribution < -0.4 is 25.4 Å². The predicted molar refractivity (Wildman–Crippen MR) is 181 cm³/mol. The molecule has 2 heterocycles. The third-order valence-electron chi connectivity index (χ3n) is 10.6. The molecule has 6 N–H and O–H groups in total. The van der Waals surface area contributed by atoms with Crippen LogP contribution >= 0.6 is 11.9 Å². The second-order valence-electron chi connectivity index (χ2n) is 14.2. The van der Waals surface area contributed by atoms with Crippen LogP contribution in [0.25, 0.3) is 10.9 Å². The number of benzene rings is 1. The number of fused-ring (bicyclic) bond motifs is 1. The van der Waals surface area contributed by atoms with E-state index in [2.05, 4.69) is 25.7 Å². The Hall–Kier alpha value is -3.25. The minimum absolute atomic E-state index is 0.0446. The lowest BCUT2D eigenvalue weighted by atomic mass is 9.78. The number of aliphatic hydroxyl groups is 1. The van der Waals surface area contributed by atoms with Gasteiger partial charge in [0.25, 0.3) is 11.8 Å². The first-order valence-electron chi connectivity index (χ1n) is 17.5. The molecule has 3 aliphatic carbocycles. The van der Waals surface area contributed by atoms with Crippen molar-refractivity contribution in [2.75, 3.05) is 7.11 Å². The smallest absolute Gasteiger partial charge is 0.277 e. The van der Waals surface area contributed by atoms with Gasteiger partial charge in [0.05, 0.1) is 13.2 Å². The van der Waals surface area contributed by atoms with Crippen LogP contribution in [0.5, 0.6) is 5.75 Å². The number of aromatic amines is 1. The molecular weight excluding hydrogens is 618 g/mol. The molecule has 256 valence electrons. The van der Waals surface area contributed by atoms with E-state index in [4.69, 9.17) is 4.74 Å². The van der Waals surface area contributed by atoms with Crippen LogP contribution in [-0.4, -0.2) is 69.8 Å². The largest absolute Gasteiger partial charge is 0.496 e. The zero-order valence-electron chi connectivity index (χ0n) is 27.3. The predicted octanol–water partition coefficient (Wildman–Crippen LogP) is 4.25. The van der Waals surface area contributed by atoms with E-state index in [1.165, 1.54) is 6.42 Å². The molecule has 4 fully saturated rings. The van der Waals surface area contributed by atoms with Gasteiger partial charge in [0.15, 0.2) is 6.10 Å². The average Bonchev–Trinajstić information content (AvgIpc) is 3.70. The summed E-state index contributed by atoms with van der Waals surface area (Å²) in [5, 5.41) is 20.5. The van der Waals surface area contributed by atoms with Crippen molar-refractivity contribution in [3.63, 3.8) is 0 Å². The number of H-pyrrole nitrogens is 1. The van der Waals surface area contributed by atoms with E-state index in [0.29, 0.717) is 30.2 Å². The van der Waals surface area contributed by atoms with E-state index in [-0.39, 0.29) is 35.7 Å². The van der Waals surface area contributed by atoms with E-state index < -0.39 is 29.2 Å². The molecule has 0 bridgehead atoms. The van der Waals surface area contributed by atoms with Crippen molar-refractivity contribution in [2.24, 2.45) is 11.8 Å². The van der Waals surface area contributed by atoms with Crippen molar-refractivity contribution < 1.29 is 29.0 Å². The normalized spacial score (nSPS) is 23.1. The molecule has 4 amide bonds. The van der Waals surface area contributed by atoms with Gasteiger partial charge in [0, 0.05) is 28.4 Å². The van der Waals surface area contributed by atoms with Gasteiger partial charge in [-0.25, -0.2) is 0 Å². The lowest BCUT2D eigenvalue weighted by Gasteiger charge is -2.33. The highest BCUT2D eigenvalue weighted by molar-refractivity contribution is 7.99. The third kappa shape index (κ3) is 8.25. The number of aliphatic hydroxyl groups excluding tert-OH is 1. The van der Waals surface area contributed by atoms with Gasteiger partial charge < -0.3 is 30.8 Å². The molecule has 3 saturated carbocycles. The molecule has 0 radical (unpaired) electrons. The molecule has 3 unspecified atom stereocenters. The minimum Gasteiger partial charge on any atom is -0.496 e. The summed E-state index contributed by atoms with van der Waals surface area (Å²) in [5.74, 6) is -0.747. The molecule has 1 aromatic heterocycles. The Kier molecular flexibility index (Phi) is 10.7. The van der Waals surface area contributed by atoms with Gasteiger partial charge >= 0.3 is 0 Å². The highest BCUT2D eigenvalue weighted by Crippen LogP contribution is 2.40. The maximum Gasteiger partial charge on any atom is 0.277 e. The van der Waals surface area contributed by atoms with E-state index in [0.717, 1.165) is 93.5 Å². The number of ether oxygens (including phenoxy) is 1. The van der Waals surface area contributed by atoms with Crippen molar-refractivity contribution in [1.29, 1.82) is 0 Å². The summed E-state index contributed by atoms with van der Waals surface area (Å²) in [6, 6.07) is 6.38. The molecule has 4 aliphatic rings. The zero-order valence-corrected chi connectivity index (χ0v) is 28.1. The quantitative estimate of drug-likeness (QED) is 0.174. The molecule has 1 spiro atoms. The van der Waals surface area contributed by atoms with Gasteiger partial charge in [0.1, 0.15) is 16.7 Å². The van der Waals surface area contributed by atoms with Crippen LogP contribution in [0.2, 0.25) is 0 Å². The van der Waals surface area contributed by atoms with Crippen LogP contribution in [0.3, 0.4) is 0 Å². The average molecular weight is 668 g/mol. The summed E-state index contributed by atoms with van der Waals surface area (Å²) in [7, 11) is 1.58. The van der Waals surface area contributed by atoms with Crippen molar-refractivity contribution in [3.8, 4) is 5.75 Å². The van der Waals surface area contributed by atoms with Gasteiger partial charge in [-0.2, -0.15) is 0 Å². The fourth-order valence-electron chi connectivity index (χ4n) is 7.81. The number of aromatic nitrogens is 1. The van der Waals surface area contributed by atoms with Crippen molar-refractivity contribution in [3.05, 3.63) is 30.0 Å². The monoisotopic (exact) mass is 667 g/mol. The van der Waals surface area contributed by atoms with E-state index in [1.807, 2.05) is 18.2 Å². The van der Waals surface area contributed by atoms with Gasteiger partial charge in [-0.15, -0.1) is 0 Å². The maximum absolute atomic E-state index is 14.1. The van der Waals surface area contributed by atoms with Crippen LogP contribution in [0.15, 0.2) is 24.3 Å². The standard InChI is InChI=1S/C35H49N5O6S/c1-46-28-12-8-11-25-24(28)19-27(37-25)32(43)40-47-29(17-21-9-4-2-5-10-21)33(44)38-26(30(41)34(45)36-23-13-14-23)18-22-20-35(39-31(22)42)15-6-3-7-16-35/h8,11-12,19,21-23,26,29-30,37,41H,2-7,9-10,13-18,20H2,1H3,(H,36,45)(H,38,44)(H,39,42)(H,40,43)/t22?,26?,29-,30?/m0/s1. The lowest BCUT2D eigenvalue weighted by Crippen LogP contribution is -2.54. The van der Waals surface area contributed by atoms with Crippen LogP contribution in [0, 0.1) is 11.8 Å². The number of nitrogens with one attached hydrogen (secondary N) is 5. The minimum atomic E-state index is -1.49. The zero-order chi connectivity index (χ0) is 33.0. The molecule has 4 atom stereocenters. The molecule has 6 rings (SSSR count). The van der Waals surface area contributed by atoms with Gasteiger partial charge in [-0.3, -0.25) is 23.9 Å². The Balaban J connectivity index is 1.17. The molecule has 11 nitrogen and oxygen atoms in total. The first-order valence-corrected chi connectivity index (χ1v) is 18.3. The number of hydrogen-bond donors (Lipinski definition) is 6. The number of carbonyl (C=O) groups is 4. The SMILES string of the molecule is COc1cccc2[nH]c(C(=O)NS[C@@H](CC3CCCCC3)C(=O)NC(CC3CC4(CCCCC4)NC3=O)C(O)C(=O)NC3CC3)cc12. The number of rotatable bonds is 13. The summed E-state index contributed by atoms with van der Waals surface area (Å²) >= 11 is 1.07. The maximum atomic E-state index is 14.1. The Bertz CT molecular complexity index is 1450. The fourth-order valence-corrected chi connectivity index (χ4v) is 8.72. The van der Waals surface area contributed by atoms with Crippen LogP contribution in [0.1, 0.15) is 107 Å². The van der Waals surface area contributed by atoms with Crippen molar-refractivity contribution in [2.45, 2.75) is 125 Å². The topological polar surface area (TPSA) is 162 Å². The fraction of sp³-hybridized carbons (Fsp3) is 0.657. The summed E-state index contributed by atoms with van der Waals surface area (Å²) in [6.45, 7) is 0. The van der Waals surface area contributed by atoms with E-state index in [9.17, 15) is 24.3 Å². The molecule has 1 aromatic carbocycles. The Morgan fingerprint density at radius 3 is 2.49 bits per heavy atom. The molecule has 1 aliphatic heterocycles. The second kappa shape index (κ2) is 14.9. The Morgan fingerprint density at radius 2 is 1.77 bits per heavy atom. The van der Waals surface area contributed by atoms with E-state index >= 15 is 0 Å². The van der Waals surface area contributed by atoms with Gasteiger partial charge in [-0.1, -0.05) is 57.4 Å². The Labute approximate surface area is 280 Å². The molecule has 12 heteroatoms.